The van der Waals surface area contributed by atoms with E-state index in [-0.39, 0.29) is 12.2 Å². The van der Waals surface area contributed by atoms with Gasteiger partial charge in [0.25, 0.3) is 5.91 Å². The molecule has 0 saturated carbocycles. The number of hydroxylamine groups is 1. The average Bonchev–Trinajstić information content (AvgIpc) is 3.15. The minimum atomic E-state index is -0.344. The molecule has 1 amide bonds. The number of ether oxygens (including phenoxy) is 1. The number of H-pyrrole nitrogens is 1. The lowest BCUT2D eigenvalue weighted by Crippen LogP contribution is -2.32. The fraction of sp³-hybridized carbons (Fsp3) is 0.273. The molecule has 4 rings (SSSR count). The number of hydrogen-bond donors (Lipinski definition) is 2. The Bertz CT molecular complexity index is 924. The van der Waals surface area contributed by atoms with Gasteiger partial charge in [0.1, 0.15) is 5.82 Å². The van der Waals surface area contributed by atoms with Gasteiger partial charge >= 0.3 is 0 Å². The molecule has 0 bridgehead atoms. The van der Waals surface area contributed by atoms with E-state index in [1.54, 1.807) is 6.08 Å². The lowest BCUT2D eigenvalue weighted by molar-refractivity contribution is -0.198. The molecular weight excluding hydrogens is 354 g/mol. The van der Waals surface area contributed by atoms with Crippen LogP contribution < -0.4 is 5.48 Å². The third-order valence-electron chi connectivity index (χ3n) is 4.65. The molecular formula is C22H23N3O3. The van der Waals surface area contributed by atoms with Crippen LogP contribution >= 0.6 is 0 Å². The number of fused-ring (bicyclic) bond motifs is 1. The molecule has 144 valence electrons. The van der Waals surface area contributed by atoms with Crippen LogP contribution in [-0.2, 0) is 20.8 Å². The third kappa shape index (κ3) is 4.85. The molecule has 2 heterocycles. The first-order valence-corrected chi connectivity index (χ1v) is 9.54. The average molecular weight is 377 g/mol. The number of imidazole rings is 1. The van der Waals surface area contributed by atoms with Gasteiger partial charge in [-0.3, -0.25) is 4.79 Å². The molecule has 0 spiro atoms. The SMILES string of the molecule is O=C(/C=C/c1ccc(Cc2nc3ccccc3[nH]2)cc1)NOC1CCCCO1. The number of nitrogens with one attached hydrogen (secondary N) is 2. The van der Waals surface area contributed by atoms with E-state index in [1.165, 1.54) is 6.08 Å². The Labute approximate surface area is 163 Å². The van der Waals surface area contributed by atoms with E-state index in [0.717, 1.165) is 53.7 Å². The van der Waals surface area contributed by atoms with Gasteiger partial charge in [0.05, 0.1) is 11.0 Å². The van der Waals surface area contributed by atoms with Crippen LogP contribution in [0.15, 0.2) is 54.6 Å². The van der Waals surface area contributed by atoms with Crippen molar-refractivity contribution in [3.8, 4) is 0 Å². The van der Waals surface area contributed by atoms with E-state index in [2.05, 4.69) is 15.4 Å². The number of aromatic amines is 1. The van der Waals surface area contributed by atoms with Crippen LogP contribution in [0.5, 0.6) is 0 Å². The second-order valence-corrected chi connectivity index (χ2v) is 6.83. The van der Waals surface area contributed by atoms with Gasteiger partial charge in [-0.25, -0.2) is 15.3 Å². The van der Waals surface area contributed by atoms with Crippen molar-refractivity contribution in [1.82, 2.24) is 15.4 Å². The van der Waals surface area contributed by atoms with E-state index in [1.807, 2.05) is 48.5 Å². The maximum absolute atomic E-state index is 11.9. The molecule has 2 N–H and O–H groups in total. The summed E-state index contributed by atoms with van der Waals surface area (Å²) in [5.41, 5.74) is 6.53. The Kier molecular flexibility index (Phi) is 5.80. The molecule has 28 heavy (non-hydrogen) atoms. The van der Waals surface area contributed by atoms with Gasteiger partial charge < -0.3 is 9.72 Å². The molecule has 0 radical (unpaired) electrons. The molecule has 2 aromatic carbocycles. The van der Waals surface area contributed by atoms with Crippen LogP contribution in [0.1, 0.15) is 36.2 Å². The third-order valence-corrected chi connectivity index (χ3v) is 4.65. The molecule has 1 fully saturated rings. The second kappa shape index (κ2) is 8.82. The monoisotopic (exact) mass is 377 g/mol. The maximum Gasteiger partial charge on any atom is 0.267 e. The molecule has 3 aromatic rings. The van der Waals surface area contributed by atoms with Crippen LogP contribution in [0.2, 0.25) is 0 Å². The minimum absolute atomic E-state index is 0.305. The van der Waals surface area contributed by atoms with E-state index in [0.29, 0.717) is 6.61 Å². The molecule has 0 aliphatic carbocycles. The van der Waals surface area contributed by atoms with Crippen LogP contribution in [0.4, 0.5) is 0 Å². The summed E-state index contributed by atoms with van der Waals surface area (Å²) in [6, 6.07) is 16.0. The molecule has 1 aromatic heterocycles. The van der Waals surface area contributed by atoms with Crippen molar-refractivity contribution >= 4 is 23.0 Å². The Balaban J connectivity index is 1.29. The van der Waals surface area contributed by atoms with Crippen molar-refractivity contribution in [3.05, 3.63) is 71.6 Å². The predicted octanol–water partition coefficient (Wildman–Crippen LogP) is 3.74. The number of amides is 1. The lowest BCUT2D eigenvalue weighted by atomic mass is 10.1. The summed E-state index contributed by atoms with van der Waals surface area (Å²) in [7, 11) is 0. The number of aromatic nitrogens is 2. The van der Waals surface area contributed by atoms with Gasteiger partial charge in [-0.05, 0) is 42.2 Å². The first-order valence-electron chi connectivity index (χ1n) is 9.54. The number of hydrogen-bond acceptors (Lipinski definition) is 4. The zero-order chi connectivity index (χ0) is 19.2. The first kappa shape index (κ1) is 18.4. The zero-order valence-corrected chi connectivity index (χ0v) is 15.6. The van der Waals surface area contributed by atoms with Crippen molar-refractivity contribution in [3.63, 3.8) is 0 Å². The normalized spacial score (nSPS) is 17.2. The fourth-order valence-electron chi connectivity index (χ4n) is 3.16. The molecule has 6 heteroatoms. The summed E-state index contributed by atoms with van der Waals surface area (Å²) in [5, 5.41) is 0. The number of nitrogens with zero attached hydrogens (tertiary/aromatic N) is 1. The summed E-state index contributed by atoms with van der Waals surface area (Å²) < 4.78 is 5.40. The number of carbonyl (C=O) groups is 1. The highest BCUT2D eigenvalue weighted by Gasteiger charge is 2.14. The number of carbonyl (C=O) groups excluding carboxylic acids is 1. The molecule has 1 atom stereocenters. The van der Waals surface area contributed by atoms with Crippen LogP contribution in [0.25, 0.3) is 17.1 Å². The first-order chi connectivity index (χ1) is 13.8. The van der Waals surface area contributed by atoms with Crippen LogP contribution in [0, 0.1) is 0 Å². The van der Waals surface area contributed by atoms with Crippen molar-refractivity contribution in [2.75, 3.05) is 6.61 Å². The van der Waals surface area contributed by atoms with Crippen molar-refractivity contribution in [2.45, 2.75) is 32.0 Å². The molecule has 1 saturated heterocycles. The van der Waals surface area contributed by atoms with Gasteiger partial charge in [0.2, 0.25) is 0 Å². The van der Waals surface area contributed by atoms with Gasteiger partial charge in [0.15, 0.2) is 6.29 Å². The Hall–Kier alpha value is -2.96. The molecule has 1 unspecified atom stereocenters. The highest BCUT2D eigenvalue weighted by molar-refractivity contribution is 5.90. The standard InChI is InChI=1S/C22H23N3O3/c26-21(25-28-22-7-3-4-14-27-22)13-12-16-8-10-17(11-9-16)15-20-23-18-5-1-2-6-19(18)24-20/h1-2,5-6,8-13,22H,3-4,7,14-15H2,(H,23,24)(H,25,26)/b13-12+. The van der Waals surface area contributed by atoms with E-state index in [4.69, 9.17) is 9.57 Å². The van der Waals surface area contributed by atoms with E-state index < -0.39 is 0 Å². The van der Waals surface area contributed by atoms with Crippen molar-refractivity contribution in [2.24, 2.45) is 0 Å². The van der Waals surface area contributed by atoms with Crippen molar-refractivity contribution < 1.29 is 14.4 Å². The van der Waals surface area contributed by atoms with Crippen LogP contribution in [0.3, 0.4) is 0 Å². The smallest absolute Gasteiger partial charge is 0.267 e. The largest absolute Gasteiger partial charge is 0.350 e. The number of para-hydroxylation sites is 2. The lowest BCUT2D eigenvalue weighted by Gasteiger charge is -2.21. The van der Waals surface area contributed by atoms with Gasteiger partial charge in [-0.15, -0.1) is 0 Å². The number of benzene rings is 2. The fourth-order valence-corrected chi connectivity index (χ4v) is 3.16. The summed E-state index contributed by atoms with van der Waals surface area (Å²) in [5.74, 6) is 0.631. The van der Waals surface area contributed by atoms with E-state index >= 15 is 0 Å². The molecule has 1 aliphatic rings. The van der Waals surface area contributed by atoms with Gasteiger partial charge in [-0.1, -0.05) is 36.4 Å². The zero-order valence-electron chi connectivity index (χ0n) is 15.6. The Morgan fingerprint density at radius 2 is 2.07 bits per heavy atom. The topological polar surface area (TPSA) is 76.2 Å². The maximum atomic E-state index is 11.9. The Morgan fingerprint density at radius 1 is 1.21 bits per heavy atom. The number of rotatable bonds is 6. The summed E-state index contributed by atoms with van der Waals surface area (Å²) in [6.45, 7) is 0.677. The Morgan fingerprint density at radius 3 is 2.86 bits per heavy atom. The summed E-state index contributed by atoms with van der Waals surface area (Å²) in [6.07, 6.45) is 6.49. The summed E-state index contributed by atoms with van der Waals surface area (Å²) in [4.78, 5) is 25.1. The quantitative estimate of drug-likeness (QED) is 0.507. The van der Waals surface area contributed by atoms with Crippen molar-refractivity contribution in [1.29, 1.82) is 0 Å². The summed E-state index contributed by atoms with van der Waals surface area (Å²) >= 11 is 0. The minimum Gasteiger partial charge on any atom is -0.350 e. The molecule has 6 nitrogen and oxygen atoms in total. The van der Waals surface area contributed by atoms with Gasteiger partial charge in [0, 0.05) is 25.5 Å². The second-order valence-electron chi connectivity index (χ2n) is 6.83. The van der Waals surface area contributed by atoms with E-state index in [9.17, 15) is 4.79 Å². The molecule has 1 aliphatic heterocycles. The predicted molar refractivity (Wildman–Crippen MR) is 107 cm³/mol. The highest BCUT2D eigenvalue weighted by atomic mass is 16.8. The van der Waals surface area contributed by atoms with Crippen LogP contribution in [-0.4, -0.2) is 28.8 Å². The highest BCUT2D eigenvalue weighted by Crippen LogP contribution is 2.15. The van der Waals surface area contributed by atoms with Gasteiger partial charge in [-0.2, -0.15) is 0 Å².